The summed E-state index contributed by atoms with van der Waals surface area (Å²) in [5.74, 6) is -2.15. The maximum Gasteiger partial charge on any atom is 0.328 e. The normalized spacial score (nSPS) is 11.5. The Bertz CT molecular complexity index is 658. The van der Waals surface area contributed by atoms with Gasteiger partial charge in [-0.25, -0.2) is 4.79 Å². The minimum Gasteiger partial charge on any atom is -0.454 e. The van der Waals surface area contributed by atoms with Gasteiger partial charge in [-0.1, -0.05) is 30.3 Å². The third-order valence-corrected chi connectivity index (χ3v) is 3.10. The highest BCUT2D eigenvalue weighted by atomic mass is 16.5. The van der Waals surface area contributed by atoms with Gasteiger partial charge in [0.1, 0.15) is 6.04 Å². The summed E-state index contributed by atoms with van der Waals surface area (Å²) in [6.07, 6.45) is 2.92. The van der Waals surface area contributed by atoms with Gasteiger partial charge in [0.15, 0.2) is 6.61 Å². The van der Waals surface area contributed by atoms with Gasteiger partial charge in [0.25, 0.3) is 5.91 Å². The first-order valence-electron chi connectivity index (χ1n) is 8.16. The van der Waals surface area contributed by atoms with Gasteiger partial charge in [0.2, 0.25) is 11.8 Å². The zero-order chi connectivity index (χ0) is 19.4. The van der Waals surface area contributed by atoms with E-state index >= 15 is 0 Å². The van der Waals surface area contributed by atoms with E-state index in [-0.39, 0.29) is 12.5 Å². The zero-order valence-electron chi connectivity index (χ0n) is 14.8. The molecule has 0 saturated heterocycles. The lowest BCUT2D eigenvalue weighted by atomic mass is 10.2. The Morgan fingerprint density at radius 3 is 2.42 bits per heavy atom. The number of likely N-dealkylation sites (N-methyl/N-ethyl adjacent to an activating group) is 1. The average Bonchev–Trinajstić information content (AvgIpc) is 2.63. The number of benzene rings is 1. The van der Waals surface area contributed by atoms with Crippen molar-refractivity contribution < 1.29 is 23.9 Å². The van der Waals surface area contributed by atoms with Crippen LogP contribution in [0.5, 0.6) is 0 Å². The number of hydrogen-bond donors (Lipinski definition) is 3. The summed E-state index contributed by atoms with van der Waals surface area (Å²) in [5, 5.41) is 7.27. The monoisotopic (exact) mass is 361 g/mol. The molecule has 1 atom stereocenters. The molecule has 0 aliphatic carbocycles. The first kappa shape index (κ1) is 20.9. The number of carbonyl (C=O) groups is 4. The van der Waals surface area contributed by atoms with Crippen LogP contribution in [0.25, 0.3) is 6.08 Å². The fraction of sp³-hybridized carbons (Fsp3) is 0.333. The number of carbonyl (C=O) groups excluding carboxylic acids is 4. The zero-order valence-corrected chi connectivity index (χ0v) is 14.8. The summed E-state index contributed by atoms with van der Waals surface area (Å²) in [4.78, 5) is 46.2. The summed E-state index contributed by atoms with van der Waals surface area (Å²) in [7, 11) is 0. The summed E-state index contributed by atoms with van der Waals surface area (Å²) in [5.41, 5.74) is 0.849. The number of hydrogen-bond acceptors (Lipinski definition) is 5. The molecule has 0 radical (unpaired) electrons. The molecular formula is C18H23N3O5. The largest absolute Gasteiger partial charge is 0.454 e. The van der Waals surface area contributed by atoms with Crippen LogP contribution in [0.4, 0.5) is 0 Å². The van der Waals surface area contributed by atoms with E-state index < -0.39 is 30.4 Å². The van der Waals surface area contributed by atoms with Crippen molar-refractivity contribution in [3.05, 3.63) is 42.0 Å². The molecule has 8 heteroatoms. The molecule has 0 aromatic heterocycles. The van der Waals surface area contributed by atoms with E-state index in [9.17, 15) is 19.2 Å². The second-order valence-corrected chi connectivity index (χ2v) is 5.31. The minimum absolute atomic E-state index is 0.194. The Morgan fingerprint density at radius 1 is 1.08 bits per heavy atom. The molecule has 3 amide bonds. The minimum atomic E-state index is -0.917. The van der Waals surface area contributed by atoms with Crippen LogP contribution in [0.15, 0.2) is 36.4 Å². The van der Waals surface area contributed by atoms with Crippen LogP contribution in [-0.4, -0.2) is 49.4 Å². The lowest BCUT2D eigenvalue weighted by Gasteiger charge is -2.12. The highest BCUT2D eigenvalue weighted by molar-refractivity contribution is 5.94. The van der Waals surface area contributed by atoms with Gasteiger partial charge in [-0.2, -0.15) is 0 Å². The molecule has 0 fully saturated rings. The number of rotatable bonds is 9. The molecule has 0 aliphatic heterocycles. The fourth-order valence-corrected chi connectivity index (χ4v) is 1.81. The standard InChI is InChI=1S/C18H23N3O5/c1-3-19-16(23)11-20-17(24)12-26-18(25)13(2)21-15(22)10-9-14-7-5-4-6-8-14/h4-10,13H,3,11-12H2,1-2H3,(H,19,23)(H,20,24)(H,21,22)/b10-9+/t13-/m0/s1. The molecular weight excluding hydrogens is 338 g/mol. The quantitative estimate of drug-likeness (QED) is 0.423. The Kier molecular flexibility index (Phi) is 9.16. The van der Waals surface area contributed by atoms with E-state index in [1.807, 2.05) is 30.3 Å². The van der Waals surface area contributed by atoms with Crippen LogP contribution >= 0.6 is 0 Å². The van der Waals surface area contributed by atoms with Crippen LogP contribution < -0.4 is 16.0 Å². The number of nitrogens with one attached hydrogen (secondary N) is 3. The topological polar surface area (TPSA) is 114 Å². The smallest absolute Gasteiger partial charge is 0.328 e. The summed E-state index contributed by atoms with van der Waals surface area (Å²) >= 11 is 0. The van der Waals surface area contributed by atoms with E-state index in [2.05, 4.69) is 16.0 Å². The fourth-order valence-electron chi connectivity index (χ4n) is 1.81. The van der Waals surface area contributed by atoms with Crippen molar-refractivity contribution in [3.8, 4) is 0 Å². The maximum atomic E-state index is 11.8. The molecule has 140 valence electrons. The number of esters is 1. The molecule has 26 heavy (non-hydrogen) atoms. The Balaban J connectivity index is 2.31. The van der Waals surface area contributed by atoms with Crippen LogP contribution in [-0.2, 0) is 23.9 Å². The Morgan fingerprint density at radius 2 is 1.77 bits per heavy atom. The third-order valence-electron chi connectivity index (χ3n) is 3.10. The lowest BCUT2D eigenvalue weighted by molar-refractivity contribution is -0.151. The predicted molar refractivity (Wildman–Crippen MR) is 95.7 cm³/mol. The van der Waals surface area contributed by atoms with Crippen molar-refractivity contribution in [2.24, 2.45) is 0 Å². The summed E-state index contributed by atoms with van der Waals surface area (Å²) in [6, 6.07) is 8.30. The highest BCUT2D eigenvalue weighted by Gasteiger charge is 2.17. The third kappa shape index (κ3) is 8.62. The van der Waals surface area contributed by atoms with E-state index in [1.165, 1.54) is 13.0 Å². The molecule has 3 N–H and O–H groups in total. The second kappa shape index (κ2) is 11.4. The van der Waals surface area contributed by atoms with Gasteiger partial charge in [0, 0.05) is 12.6 Å². The van der Waals surface area contributed by atoms with Crippen LogP contribution in [0, 0.1) is 0 Å². The molecule has 8 nitrogen and oxygen atoms in total. The SMILES string of the molecule is CCNC(=O)CNC(=O)COC(=O)[C@H](C)NC(=O)/C=C/c1ccccc1. The maximum absolute atomic E-state index is 11.8. The van der Waals surface area contributed by atoms with Crippen molar-refractivity contribution in [2.75, 3.05) is 19.7 Å². The van der Waals surface area contributed by atoms with E-state index in [0.717, 1.165) is 5.56 Å². The van der Waals surface area contributed by atoms with E-state index in [0.29, 0.717) is 6.54 Å². The predicted octanol–water partition coefficient (Wildman–Crippen LogP) is 0.00000000000000244. The van der Waals surface area contributed by atoms with Gasteiger partial charge in [-0.05, 0) is 25.5 Å². The van der Waals surface area contributed by atoms with Gasteiger partial charge in [-0.3, -0.25) is 14.4 Å². The second-order valence-electron chi connectivity index (χ2n) is 5.31. The van der Waals surface area contributed by atoms with Crippen LogP contribution in [0.3, 0.4) is 0 Å². The van der Waals surface area contributed by atoms with Gasteiger partial charge >= 0.3 is 5.97 Å². The number of ether oxygens (including phenoxy) is 1. The number of amides is 3. The molecule has 0 saturated carbocycles. The first-order chi connectivity index (χ1) is 12.4. The first-order valence-corrected chi connectivity index (χ1v) is 8.16. The molecule has 0 spiro atoms. The van der Waals surface area contributed by atoms with E-state index in [1.54, 1.807) is 13.0 Å². The lowest BCUT2D eigenvalue weighted by Crippen LogP contribution is -2.41. The molecule has 1 aromatic carbocycles. The Labute approximate surface area is 152 Å². The molecule has 0 unspecified atom stereocenters. The van der Waals surface area contributed by atoms with Crippen molar-refractivity contribution in [1.82, 2.24) is 16.0 Å². The van der Waals surface area contributed by atoms with Gasteiger partial charge in [0.05, 0.1) is 6.54 Å². The highest BCUT2D eigenvalue weighted by Crippen LogP contribution is 2.00. The molecule has 0 heterocycles. The van der Waals surface area contributed by atoms with E-state index in [4.69, 9.17) is 4.74 Å². The van der Waals surface area contributed by atoms with Crippen molar-refractivity contribution in [3.63, 3.8) is 0 Å². The summed E-state index contributed by atoms with van der Waals surface area (Å²) < 4.78 is 4.80. The van der Waals surface area contributed by atoms with Crippen molar-refractivity contribution in [1.29, 1.82) is 0 Å². The molecule has 0 bridgehead atoms. The van der Waals surface area contributed by atoms with Crippen LogP contribution in [0.2, 0.25) is 0 Å². The average molecular weight is 361 g/mol. The van der Waals surface area contributed by atoms with Crippen LogP contribution in [0.1, 0.15) is 19.4 Å². The van der Waals surface area contributed by atoms with Gasteiger partial charge < -0.3 is 20.7 Å². The molecule has 0 aliphatic rings. The van der Waals surface area contributed by atoms with Crippen molar-refractivity contribution in [2.45, 2.75) is 19.9 Å². The summed E-state index contributed by atoms with van der Waals surface area (Å²) in [6.45, 7) is 2.94. The molecule has 1 aromatic rings. The molecule has 1 rings (SSSR count). The van der Waals surface area contributed by atoms with Gasteiger partial charge in [-0.15, -0.1) is 0 Å². The van der Waals surface area contributed by atoms with Crippen molar-refractivity contribution >= 4 is 29.8 Å². The Hall–Kier alpha value is -3.16.